The highest BCUT2D eigenvalue weighted by molar-refractivity contribution is 4.39. The minimum Gasteiger partial charge on any atom is -0.394 e. The van der Waals surface area contributed by atoms with Gasteiger partial charge in [0.15, 0.2) is 0 Å². The molecule has 0 rings (SSSR count). The van der Waals surface area contributed by atoms with Crippen molar-refractivity contribution in [2.45, 2.75) is 46.5 Å². The minimum absolute atomic E-state index is 0.0938. The number of hydrogen-bond donors (Lipinski definition) is 3. The molecule has 0 aliphatic heterocycles. The van der Waals surface area contributed by atoms with Crippen LogP contribution in [0.15, 0.2) is 0 Å². The van der Waals surface area contributed by atoms with Crippen LogP contribution in [-0.4, -0.2) is 74.8 Å². The quantitative estimate of drug-likeness (QED) is 0.446. The van der Waals surface area contributed by atoms with E-state index in [4.69, 9.17) is 29.5 Å². The lowest BCUT2D eigenvalue weighted by Crippen LogP contribution is -2.07. The Morgan fingerprint density at radius 2 is 1.09 bits per heavy atom. The van der Waals surface area contributed by atoms with E-state index in [1.165, 1.54) is 19.3 Å². The van der Waals surface area contributed by atoms with Crippen LogP contribution in [0.5, 0.6) is 0 Å². The number of unbranched alkanes of at least 4 members (excludes halogenated alkanes) is 3. The lowest BCUT2D eigenvalue weighted by molar-refractivity contribution is 0.0321. The van der Waals surface area contributed by atoms with Gasteiger partial charge in [0.2, 0.25) is 0 Å². The first-order valence-corrected chi connectivity index (χ1v) is 8.30. The van der Waals surface area contributed by atoms with Gasteiger partial charge in [-0.3, -0.25) is 0 Å². The molecule has 138 valence electrons. The second kappa shape index (κ2) is 32.6. The smallest absolute Gasteiger partial charge is 0.0701 e. The van der Waals surface area contributed by atoms with Gasteiger partial charge >= 0.3 is 0 Å². The third kappa shape index (κ3) is 42.7. The van der Waals surface area contributed by atoms with E-state index < -0.39 is 0 Å². The summed E-state index contributed by atoms with van der Waals surface area (Å²) in [6.45, 7) is 10.2. The molecule has 0 atom stereocenters. The Bertz CT molecular complexity index is 133. The monoisotopic (exact) mass is 326 g/mol. The Balaban J connectivity index is -0.000000330. The van der Waals surface area contributed by atoms with Crippen LogP contribution >= 0.6 is 0 Å². The van der Waals surface area contributed by atoms with Gasteiger partial charge in [-0.15, -0.1) is 0 Å². The number of ether oxygens (including phenoxy) is 3. The average Bonchev–Trinajstić information content (AvgIpc) is 2.55. The molecule has 3 N–H and O–H groups in total. The molecule has 0 radical (unpaired) electrons. The molecule has 0 aliphatic carbocycles. The second-order valence-corrected chi connectivity index (χ2v) is 4.24. The number of aliphatic hydroxyl groups is 3. The van der Waals surface area contributed by atoms with Crippen molar-refractivity contribution >= 4 is 0 Å². The third-order valence-corrected chi connectivity index (χ3v) is 2.26. The van der Waals surface area contributed by atoms with Gasteiger partial charge in [0.05, 0.1) is 39.6 Å². The molecule has 0 saturated heterocycles. The van der Waals surface area contributed by atoms with E-state index in [1.54, 1.807) is 0 Å². The van der Waals surface area contributed by atoms with Crippen molar-refractivity contribution in [1.29, 1.82) is 0 Å². The Labute approximate surface area is 136 Å². The third-order valence-electron chi connectivity index (χ3n) is 2.26. The fraction of sp³-hybridized carbons (Fsp3) is 1.00. The topological polar surface area (TPSA) is 88.4 Å². The van der Waals surface area contributed by atoms with Crippen molar-refractivity contribution in [3.63, 3.8) is 0 Å². The molecule has 0 aromatic carbocycles. The summed E-state index contributed by atoms with van der Waals surface area (Å²) in [5, 5.41) is 23.7. The van der Waals surface area contributed by atoms with E-state index in [2.05, 4.69) is 6.92 Å². The fourth-order valence-corrected chi connectivity index (χ4v) is 1.22. The number of hydrogen-bond acceptors (Lipinski definition) is 6. The molecule has 0 aromatic rings. The van der Waals surface area contributed by atoms with Gasteiger partial charge in [-0.25, -0.2) is 0 Å². The Morgan fingerprint density at radius 1 is 0.545 bits per heavy atom. The molecule has 0 spiro atoms. The van der Waals surface area contributed by atoms with E-state index in [9.17, 15) is 0 Å². The van der Waals surface area contributed by atoms with Crippen LogP contribution < -0.4 is 0 Å². The summed E-state index contributed by atoms with van der Waals surface area (Å²) >= 11 is 0. The maximum Gasteiger partial charge on any atom is 0.0701 e. The zero-order chi connectivity index (χ0) is 17.3. The van der Waals surface area contributed by atoms with Crippen LogP contribution in [0.4, 0.5) is 0 Å². The first kappa shape index (κ1) is 26.6. The van der Waals surface area contributed by atoms with Crippen molar-refractivity contribution in [2.75, 3.05) is 59.5 Å². The van der Waals surface area contributed by atoms with E-state index in [1.807, 2.05) is 13.8 Å². The Kier molecular flexibility index (Phi) is 39.5. The van der Waals surface area contributed by atoms with Gasteiger partial charge in [-0.1, -0.05) is 26.2 Å². The molecule has 22 heavy (non-hydrogen) atoms. The van der Waals surface area contributed by atoms with Gasteiger partial charge in [0, 0.05) is 19.8 Å². The van der Waals surface area contributed by atoms with Crippen LogP contribution in [0.25, 0.3) is 0 Å². The maximum atomic E-state index is 8.40. The summed E-state index contributed by atoms with van der Waals surface area (Å²) < 4.78 is 15.2. The van der Waals surface area contributed by atoms with Crippen LogP contribution in [-0.2, 0) is 14.2 Å². The summed E-state index contributed by atoms with van der Waals surface area (Å²) in [6.07, 6.45) is 4.96. The maximum absolute atomic E-state index is 8.40. The molecule has 6 nitrogen and oxygen atoms in total. The molecule has 0 fully saturated rings. The van der Waals surface area contributed by atoms with Crippen LogP contribution in [0.3, 0.4) is 0 Å². The summed E-state index contributed by atoms with van der Waals surface area (Å²) in [7, 11) is 0. The molecule has 0 bridgehead atoms. The zero-order valence-electron chi connectivity index (χ0n) is 14.8. The van der Waals surface area contributed by atoms with Crippen molar-refractivity contribution in [3.05, 3.63) is 0 Å². The summed E-state index contributed by atoms with van der Waals surface area (Å²) in [6, 6.07) is 0. The van der Waals surface area contributed by atoms with E-state index >= 15 is 0 Å². The first-order valence-electron chi connectivity index (χ1n) is 8.30. The van der Waals surface area contributed by atoms with Gasteiger partial charge in [-0.05, 0) is 20.3 Å². The van der Waals surface area contributed by atoms with Crippen molar-refractivity contribution in [1.82, 2.24) is 0 Å². The van der Waals surface area contributed by atoms with E-state index in [-0.39, 0.29) is 19.8 Å². The summed E-state index contributed by atoms with van der Waals surface area (Å²) in [5.41, 5.74) is 0. The molecular weight excluding hydrogens is 288 g/mol. The highest BCUT2D eigenvalue weighted by atomic mass is 16.5. The molecule has 0 aromatic heterocycles. The lowest BCUT2D eigenvalue weighted by Gasteiger charge is -2.04. The van der Waals surface area contributed by atoms with Gasteiger partial charge in [-0.2, -0.15) is 0 Å². The number of aliphatic hydroxyl groups excluding tert-OH is 3. The molecule has 0 saturated carbocycles. The first-order chi connectivity index (χ1) is 10.7. The summed E-state index contributed by atoms with van der Waals surface area (Å²) in [4.78, 5) is 0. The minimum atomic E-state index is -0.125. The Morgan fingerprint density at radius 3 is 1.45 bits per heavy atom. The Hall–Kier alpha value is -0.240. The number of rotatable bonds is 13. The van der Waals surface area contributed by atoms with E-state index in [0.717, 1.165) is 26.2 Å². The van der Waals surface area contributed by atoms with Gasteiger partial charge < -0.3 is 29.5 Å². The molecule has 0 heterocycles. The highest BCUT2D eigenvalue weighted by Gasteiger charge is 1.90. The molecule has 0 amide bonds. The normalized spacial score (nSPS) is 9.55. The molecule has 0 aliphatic rings. The predicted molar refractivity (Wildman–Crippen MR) is 89.2 cm³/mol. The van der Waals surface area contributed by atoms with Gasteiger partial charge in [0.25, 0.3) is 0 Å². The van der Waals surface area contributed by atoms with Crippen LogP contribution in [0.1, 0.15) is 46.5 Å². The molecule has 6 heteroatoms. The standard InChI is InChI=1S/C10H22O3.C4H10O.C2H6O2/c1-2-3-4-5-7-12-9-10-13-8-6-11;1-3-5-4-2;3-1-2-4/h11H,2-10H2,1H3;3-4H2,1-2H3;3-4H,1-2H2. The average molecular weight is 326 g/mol. The summed E-state index contributed by atoms with van der Waals surface area (Å²) in [5.74, 6) is 0. The van der Waals surface area contributed by atoms with E-state index in [0.29, 0.717) is 19.8 Å². The van der Waals surface area contributed by atoms with Gasteiger partial charge in [0.1, 0.15) is 0 Å². The van der Waals surface area contributed by atoms with Crippen LogP contribution in [0.2, 0.25) is 0 Å². The highest BCUT2D eigenvalue weighted by Crippen LogP contribution is 1.98. The largest absolute Gasteiger partial charge is 0.394 e. The van der Waals surface area contributed by atoms with Crippen molar-refractivity contribution in [3.8, 4) is 0 Å². The zero-order valence-corrected chi connectivity index (χ0v) is 14.8. The molecular formula is C16H38O6. The van der Waals surface area contributed by atoms with Crippen molar-refractivity contribution in [2.24, 2.45) is 0 Å². The predicted octanol–water partition coefficient (Wildman–Crippen LogP) is 1.61. The van der Waals surface area contributed by atoms with Crippen LogP contribution in [0, 0.1) is 0 Å². The molecule has 0 unspecified atom stereocenters. The fourth-order valence-electron chi connectivity index (χ4n) is 1.22. The lowest BCUT2D eigenvalue weighted by atomic mass is 10.2. The SMILES string of the molecule is CCCCCCOCCOCCO.CCOCC.OCCO. The van der Waals surface area contributed by atoms with Crippen molar-refractivity contribution < 1.29 is 29.5 Å². The second-order valence-electron chi connectivity index (χ2n) is 4.24.